The van der Waals surface area contributed by atoms with E-state index < -0.39 is 5.60 Å². The maximum Gasteiger partial charge on any atom is 0.407 e. The number of likely N-dealkylation sites (tertiary alicyclic amines) is 1. The number of alkyl carbamates (subject to hydrolysis) is 1. The first-order valence-electron chi connectivity index (χ1n) is 8.65. The van der Waals surface area contributed by atoms with E-state index in [1.54, 1.807) is 21.7 Å². The Hall–Kier alpha value is -2.61. The highest BCUT2D eigenvalue weighted by molar-refractivity contribution is 7.07. The number of rotatable bonds is 2. The molecule has 0 radical (unpaired) electrons. The van der Waals surface area contributed by atoms with E-state index in [1.165, 1.54) is 0 Å². The van der Waals surface area contributed by atoms with Crippen LogP contribution in [0.1, 0.15) is 19.3 Å². The van der Waals surface area contributed by atoms with Crippen LogP contribution in [0.25, 0.3) is 11.3 Å². The summed E-state index contributed by atoms with van der Waals surface area (Å²) in [5.74, 6) is 0. The van der Waals surface area contributed by atoms with E-state index >= 15 is 0 Å². The summed E-state index contributed by atoms with van der Waals surface area (Å²) in [5.41, 5.74) is 3.95. The van der Waals surface area contributed by atoms with Crippen LogP contribution in [0.2, 0.25) is 0 Å². The molecule has 4 rings (SSSR count). The summed E-state index contributed by atoms with van der Waals surface area (Å²) in [7, 11) is 0. The van der Waals surface area contributed by atoms with Crippen LogP contribution in [0.4, 0.5) is 15.3 Å². The molecule has 2 aliphatic heterocycles. The molecule has 3 heterocycles. The van der Waals surface area contributed by atoms with E-state index in [2.05, 4.69) is 15.6 Å². The minimum Gasteiger partial charge on any atom is -0.441 e. The van der Waals surface area contributed by atoms with Crippen molar-refractivity contribution in [3.05, 3.63) is 35.2 Å². The first kappa shape index (κ1) is 16.8. The normalized spacial score (nSPS) is 22.6. The number of hydrogen-bond donors (Lipinski definition) is 2. The monoisotopic (exact) mass is 372 g/mol. The predicted molar refractivity (Wildman–Crippen MR) is 99.2 cm³/mol. The van der Waals surface area contributed by atoms with Crippen molar-refractivity contribution in [2.45, 2.75) is 24.9 Å². The molecule has 3 amide bonds. The zero-order valence-corrected chi connectivity index (χ0v) is 15.1. The third-order valence-electron chi connectivity index (χ3n) is 4.89. The molecule has 0 saturated carbocycles. The molecule has 2 aromatic rings. The number of hydrogen-bond acceptors (Lipinski definition) is 5. The number of thiazole rings is 1. The number of amides is 3. The van der Waals surface area contributed by atoms with Crippen LogP contribution >= 0.6 is 11.3 Å². The molecule has 0 aliphatic carbocycles. The fraction of sp³-hybridized carbons (Fsp3) is 0.389. The molecule has 2 saturated heterocycles. The number of anilines is 1. The molecule has 1 aromatic carbocycles. The average molecular weight is 372 g/mol. The van der Waals surface area contributed by atoms with Crippen molar-refractivity contribution in [1.29, 1.82) is 0 Å². The lowest BCUT2D eigenvalue weighted by molar-refractivity contribution is 0.0454. The standard InChI is InChI=1S/C18H20N4O3S/c23-16(21-14-4-1-3-13(9-14)15-10-26-12-20-15)22-7-2-5-18(6-8-22)11-19-17(24)25-18/h1,3-4,9-10,12H,2,5-8,11H2,(H,19,24)(H,21,23)/t18-/m0/s1. The molecule has 2 aliphatic rings. The van der Waals surface area contributed by atoms with E-state index in [0.29, 0.717) is 26.1 Å². The number of ether oxygens (including phenoxy) is 1. The fourth-order valence-electron chi connectivity index (χ4n) is 3.47. The molecule has 136 valence electrons. The summed E-state index contributed by atoms with van der Waals surface area (Å²) in [6.07, 6.45) is 1.87. The van der Waals surface area contributed by atoms with E-state index in [0.717, 1.165) is 29.8 Å². The van der Waals surface area contributed by atoms with Crippen molar-refractivity contribution in [3.8, 4) is 11.3 Å². The highest BCUT2D eigenvalue weighted by atomic mass is 32.1. The average Bonchev–Trinajstić information content (AvgIpc) is 3.23. The van der Waals surface area contributed by atoms with Crippen molar-refractivity contribution in [1.82, 2.24) is 15.2 Å². The van der Waals surface area contributed by atoms with Crippen LogP contribution in [0.3, 0.4) is 0 Å². The van der Waals surface area contributed by atoms with Crippen LogP contribution in [-0.4, -0.2) is 47.2 Å². The summed E-state index contributed by atoms with van der Waals surface area (Å²) in [6.45, 7) is 1.74. The van der Waals surface area contributed by atoms with Gasteiger partial charge in [-0.1, -0.05) is 12.1 Å². The Morgan fingerprint density at radius 3 is 3.04 bits per heavy atom. The number of urea groups is 1. The summed E-state index contributed by atoms with van der Waals surface area (Å²) >= 11 is 1.54. The maximum absolute atomic E-state index is 12.7. The molecular formula is C18H20N4O3S. The maximum atomic E-state index is 12.7. The second kappa shape index (κ2) is 6.95. The Morgan fingerprint density at radius 2 is 2.27 bits per heavy atom. The van der Waals surface area contributed by atoms with Crippen molar-refractivity contribution in [2.24, 2.45) is 0 Å². The highest BCUT2D eigenvalue weighted by Crippen LogP contribution is 2.29. The third-order valence-corrected chi connectivity index (χ3v) is 5.48. The van der Waals surface area contributed by atoms with Gasteiger partial charge in [0.15, 0.2) is 0 Å². The lowest BCUT2D eigenvalue weighted by atomic mass is 9.95. The van der Waals surface area contributed by atoms with Crippen molar-refractivity contribution in [3.63, 3.8) is 0 Å². The predicted octanol–water partition coefficient (Wildman–Crippen LogP) is 3.31. The second-order valence-corrected chi connectivity index (χ2v) is 7.37. The Kier molecular flexibility index (Phi) is 4.50. The van der Waals surface area contributed by atoms with Gasteiger partial charge < -0.3 is 20.3 Å². The molecule has 1 aromatic heterocycles. The van der Waals surface area contributed by atoms with E-state index in [1.807, 2.05) is 29.6 Å². The Morgan fingerprint density at radius 1 is 1.35 bits per heavy atom. The molecular weight excluding hydrogens is 352 g/mol. The van der Waals surface area contributed by atoms with Gasteiger partial charge in [-0.2, -0.15) is 0 Å². The SMILES string of the molecule is O=C1NC[C@@]2(CCCN(C(=O)Nc3cccc(-c4cscn4)c3)CC2)O1. The molecule has 8 heteroatoms. The summed E-state index contributed by atoms with van der Waals surface area (Å²) in [6, 6.07) is 7.55. The first-order chi connectivity index (χ1) is 12.6. The lowest BCUT2D eigenvalue weighted by Gasteiger charge is -2.25. The van der Waals surface area contributed by atoms with Gasteiger partial charge in [-0.3, -0.25) is 0 Å². The van der Waals surface area contributed by atoms with E-state index in [9.17, 15) is 9.59 Å². The quantitative estimate of drug-likeness (QED) is 0.847. The van der Waals surface area contributed by atoms with Crippen molar-refractivity contribution in [2.75, 3.05) is 25.0 Å². The van der Waals surface area contributed by atoms with Crippen LogP contribution < -0.4 is 10.6 Å². The van der Waals surface area contributed by atoms with Gasteiger partial charge in [0.1, 0.15) is 5.60 Å². The van der Waals surface area contributed by atoms with Crippen LogP contribution in [-0.2, 0) is 4.74 Å². The topological polar surface area (TPSA) is 83.6 Å². The molecule has 26 heavy (non-hydrogen) atoms. The number of benzene rings is 1. The number of nitrogens with one attached hydrogen (secondary N) is 2. The Labute approximate surface area is 155 Å². The van der Waals surface area contributed by atoms with Crippen LogP contribution in [0.15, 0.2) is 35.2 Å². The van der Waals surface area contributed by atoms with Gasteiger partial charge in [0.2, 0.25) is 0 Å². The van der Waals surface area contributed by atoms with E-state index in [4.69, 9.17) is 4.74 Å². The molecule has 0 unspecified atom stereocenters. The minimum absolute atomic E-state index is 0.130. The zero-order valence-electron chi connectivity index (χ0n) is 14.2. The molecule has 1 spiro atoms. The third kappa shape index (κ3) is 3.50. The molecule has 2 N–H and O–H groups in total. The Bertz CT molecular complexity index is 811. The van der Waals surface area contributed by atoms with Crippen molar-refractivity contribution < 1.29 is 14.3 Å². The van der Waals surface area contributed by atoms with Crippen molar-refractivity contribution >= 4 is 29.1 Å². The smallest absolute Gasteiger partial charge is 0.407 e. The summed E-state index contributed by atoms with van der Waals surface area (Å²) < 4.78 is 5.46. The molecule has 1 atom stereocenters. The van der Waals surface area contributed by atoms with Crippen LogP contribution in [0, 0.1) is 0 Å². The summed E-state index contributed by atoms with van der Waals surface area (Å²) in [5, 5.41) is 7.67. The molecule has 2 fully saturated rings. The lowest BCUT2D eigenvalue weighted by Crippen LogP contribution is -2.38. The van der Waals surface area contributed by atoms with Gasteiger partial charge in [-0.05, 0) is 25.0 Å². The van der Waals surface area contributed by atoms with Gasteiger partial charge in [-0.15, -0.1) is 11.3 Å². The number of aromatic nitrogens is 1. The second-order valence-electron chi connectivity index (χ2n) is 6.65. The largest absolute Gasteiger partial charge is 0.441 e. The number of nitrogens with zero attached hydrogens (tertiary/aromatic N) is 2. The van der Waals surface area contributed by atoms with Gasteiger partial charge in [-0.25, -0.2) is 14.6 Å². The molecule has 7 nitrogen and oxygen atoms in total. The first-order valence-corrected chi connectivity index (χ1v) is 9.59. The number of carbonyl (C=O) groups is 2. The van der Waals surface area contributed by atoms with Gasteiger partial charge >= 0.3 is 12.1 Å². The van der Waals surface area contributed by atoms with Gasteiger partial charge in [0.25, 0.3) is 0 Å². The zero-order chi connectivity index (χ0) is 18.0. The number of carbonyl (C=O) groups excluding carboxylic acids is 2. The highest BCUT2D eigenvalue weighted by Gasteiger charge is 2.41. The summed E-state index contributed by atoms with van der Waals surface area (Å²) in [4.78, 5) is 30.1. The van der Waals surface area contributed by atoms with Crippen LogP contribution in [0.5, 0.6) is 0 Å². The fourth-order valence-corrected chi connectivity index (χ4v) is 4.03. The van der Waals surface area contributed by atoms with Gasteiger partial charge in [0, 0.05) is 36.1 Å². The molecule has 0 bridgehead atoms. The van der Waals surface area contributed by atoms with E-state index in [-0.39, 0.29) is 12.1 Å². The Balaban J connectivity index is 1.41. The van der Waals surface area contributed by atoms with Gasteiger partial charge in [0.05, 0.1) is 17.7 Å². The minimum atomic E-state index is -0.462.